The van der Waals surface area contributed by atoms with Gasteiger partial charge in [0, 0.05) is 6.92 Å². The van der Waals surface area contributed by atoms with Gasteiger partial charge < -0.3 is 14.6 Å². The van der Waals surface area contributed by atoms with Crippen molar-refractivity contribution in [1.82, 2.24) is 0 Å². The molecule has 0 aliphatic rings. The maximum Gasteiger partial charge on any atom is 0.221 e. The normalized spacial score (nSPS) is 11.9. The molecule has 15 heavy (non-hydrogen) atoms. The Morgan fingerprint density at radius 2 is 2.20 bits per heavy atom. The van der Waals surface area contributed by atoms with E-state index < -0.39 is 11.1 Å². The van der Waals surface area contributed by atoms with Crippen molar-refractivity contribution in [2.45, 2.75) is 11.8 Å². The predicted octanol–water partition coefficient (Wildman–Crippen LogP) is 1.23. The van der Waals surface area contributed by atoms with Gasteiger partial charge in [0.25, 0.3) is 0 Å². The zero-order chi connectivity index (χ0) is 11.4. The fraction of sp³-hybridized carbons (Fsp3) is 0.222. The van der Waals surface area contributed by atoms with Crippen molar-refractivity contribution in [3.63, 3.8) is 0 Å². The molecule has 0 aliphatic carbocycles. The van der Waals surface area contributed by atoms with Gasteiger partial charge in [0.15, 0.2) is 11.1 Å². The van der Waals surface area contributed by atoms with Crippen molar-refractivity contribution in [1.29, 1.82) is 0 Å². The number of anilines is 1. The summed E-state index contributed by atoms with van der Waals surface area (Å²) in [5.41, 5.74) is 0.230. The molecule has 82 valence electrons. The van der Waals surface area contributed by atoms with Crippen molar-refractivity contribution in [2.75, 3.05) is 12.4 Å². The number of methoxy groups -OCH3 is 1. The molecule has 0 saturated heterocycles. The van der Waals surface area contributed by atoms with E-state index in [1.54, 1.807) is 12.1 Å². The van der Waals surface area contributed by atoms with Crippen LogP contribution in [-0.4, -0.2) is 21.8 Å². The summed E-state index contributed by atoms with van der Waals surface area (Å²) in [5.74, 6) is 0.0244. The molecule has 0 heterocycles. The van der Waals surface area contributed by atoms with Gasteiger partial charge in [0.2, 0.25) is 5.91 Å². The highest BCUT2D eigenvalue weighted by molar-refractivity contribution is 7.79. The summed E-state index contributed by atoms with van der Waals surface area (Å²) in [6, 6.07) is 4.62. The quantitative estimate of drug-likeness (QED) is 0.764. The molecule has 1 atom stereocenters. The molecule has 0 bridgehead atoms. The predicted molar refractivity (Wildman–Crippen MR) is 56.3 cm³/mol. The summed E-state index contributed by atoms with van der Waals surface area (Å²) in [7, 11) is 1.42. The number of benzene rings is 1. The fourth-order valence-electron chi connectivity index (χ4n) is 1.13. The number of hydrogen-bond donors (Lipinski definition) is 2. The van der Waals surface area contributed by atoms with E-state index in [0.717, 1.165) is 0 Å². The summed E-state index contributed by atoms with van der Waals surface area (Å²) in [6.45, 7) is 1.32. The molecular weight excluding hydrogens is 218 g/mol. The molecule has 1 amide bonds. The third-order valence-electron chi connectivity index (χ3n) is 1.70. The van der Waals surface area contributed by atoms with Crippen molar-refractivity contribution in [3.8, 4) is 5.75 Å². The zero-order valence-electron chi connectivity index (χ0n) is 8.31. The molecule has 0 fully saturated rings. The average molecular weight is 229 g/mol. The lowest BCUT2D eigenvalue weighted by Crippen LogP contribution is -2.10. The second-order valence-corrected chi connectivity index (χ2v) is 3.70. The minimum Gasteiger partial charge on any atom is -0.495 e. The van der Waals surface area contributed by atoms with Crippen LogP contribution >= 0.6 is 0 Å². The van der Waals surface area contributed by atoms with Gasteiger partial charge in [-0.25, -0.2) is 4.21 Å². The first-order valence-electron chi connectivity index (χ1n) is 4.11. The standard InChI is InChI=1S/C9H11NO4S/c1-6(11)10-9-7(14-2)4-3-5-8(9)15(12)13/h3-5H,1-2H3,(H,10,11)(H,12,13). The van der Waals surface area contributed by atoms with Gasteiger partial charge in [-0.1, -0.05) is 6.07 Å². The van der Waals surface area contributed by atoms with Gasteiger partial charge >= 0.3 is 0 Å². The van der Waals surface area contributed by atoms with Crippen LogP contribution in [0.15, 0.2) is 23.1 Å². The van der Waals surface area contributed by atoms with Crippen molar-refractivity contribution >= 4 is 22.7 Å². The van der Waals surface area contributed by atoms with Crippen LogP contribution in [0.4, 0.5) is 5.69 Å². The molecule has 0 saturated carbocycles. The van der Waals surface area contributed by atoms with Crippen LogP contribution in [0.25, 0.3) is 0 Å². The molecule has 2 N–H and O–H groups in total. The van der Waals surface area contributed by atoms with E-state index in [0.29, 0.717) is 5.75 Å². The van der Waals surface area contributed by atoms with Gasteiger partial charge in [-0.2, -0.15) is 0 Å². The Labute approximate surface area is 89.7 Å². The highest BCUT2D eigenvalue weighted by Gasteiger charge is 2.13. The zero-order valence-corrected chi connectivity index (χ0v) is 9.13. The van der Waals surface area contributed by atoms with E-state index in [-0.39, 0.29) is 16.5 Å². The maximum atomic E-state index is 11.0. The lowest BCUT2D eigenvalue weighted by Gasteiger charge is -2.11. The van der Waals surface area contributed by atoms with E-state index in [2.05, 4.69) is 5.32 Å². The smallest absolute Gasteiger partial charge is 0.221 e. The number of para-hydroxylation sites is 1. The van der Waals surface area contributed by atoms with Crippen LogP contribution < -0.4 is 10.1 Å². The minimum absolute atomic E-state index is 0.115. The van der Waals surface area contributed by atoms with Crippen molar-refractivity contribution in [3.05, 3.63) is 18.2 Å². The van der Waals surface area contributed by atoms with Crippen LogP contribution in [0.3, 0.4) is 0 Å². The molecule has 0 spiro atoms. The van der Waals surface area contributed by atoms with E-state index >= 15 is 0 Å². The number of rotatable bonds is 3. The molecule has 1 rings (SSSR count). The molecule has 1 unspecified atom stereocenters. The highest BCUT2D eigenvalue weighted by Crippen LogP contribution is 2.30. The Hall–Kier alpha value is -1.40. The summed E-state index contributed by atoms with van der Waals surface area (Å²) in [5, 5.41) is 2.46. The number of carbonyl (C=O) groups excluding carboxylic acids is 1. The minimum atomic E-state index is -2.16. The monoisotopic (exact) mass is 229 g/mol. The molecular formula is C9H11NO4S. The second-order valence-electron chi connectivity index (χ2n) is 2.76. The average Bonchev–Trinajstić information content (AvgIpc) is 2.16. The van der Waals surface area contributed by atoms with E-state index in [9.17, 15) is 9.00 Å². The number of amides is 1. The lowest BCUT2D eigenvalue weighted by molar-refractivity contribution is -0.114. The Bertz CT molecular complexity index is 405. The third-order valence-corrected chi connectivity index (χ3v) is 2.41. The number of ether oxygens (including phenoxy) is 1. The van der Waals surface area contributed by atoms with Gasteiger partial charge in [-0.15, -0.1) is 0 Å². The molecule has 5 nitrogen and oxygen atoms in total. The molecule has 0 aliphatic heterocycles. The van der Waals surface area contributed by atoms with Gasteiger partial charge in [0.05, 0.1) is 12.0 Å². The van der Waals surface area contributed by atoms with E-state index in [1.807, 2.05) is 0 Å². The van der Waals surface area contributed by atoms with Crippen molar-refractivity contribution < 1.29 is 18.3 Å². The van der Waals surface area contributed by atoms with Gasteiger partial charge in [-0.3, -0.25) is 4.79 Å². The van der Waals surface area contributed by atoms with E-state index in [1.165, 1.54) is 20.1 Å². The van der Waals surface area contributed by atoms with E-state index in [4.69, 9.17) is 9.29 Å². The molecule has 0 radical (unpaired) electrons. The first-order valence-corrected chi connectivity index (χ1v) is 5.22. The Morgan fingerprint density at radius 3 is 2.67 bits per heavy atom. The van der Waals surface area contributed by atoms with Crippen molar-refractivity contribution in [2.24, 2.45) is 0 Å². The summed E-state index contributed by atoms with van der Waals surface area (Å²) >= 11 is -2.16. The molecule has 6 heteroatoms. The van der Waals surface area contributed by atoms with Crippen LogP contribution in [0.5, 0.6) is 5.75 Å². The van der Waals surface area contributed by atoms with Crippen LogP contribution in [-0.2, 0) is 15.9 Å². The van der Waals surface area contributed by atoms with Crippen LogP contribution in [0.2, 0.25) is 0 Å². The summed E-state index contributed by atoms with van der Waals surface area (Å²) < 4.78 is 25.0. The van der Waals surface area contributed by atoms with Crippen LogP contribution in [0, 0.1) is 0 Å². The highest BCUT2D eigenvalue weighted by atomic mass is 32.2. The topological polar surface area (TPSA) is 75.6 Å². The molecule has 0 aromatic heterocycles. The summed E-state index contributed by atoms with van der Waals surface area (Å²) in [6.07, 6.45) is 0. The largest absolute Gasteiger partial charge is 0.495 e. The Balaban J connectivity index is 3.26. The Morgan fingerprint density at radius 1 is 1.53 bits per heavy atom. The lowest BCUT2D eigenvalue weighted by atomic mass is 10.3. The maximum absolute atomic E-state index is 11.0. The summed E-state index contributed by atoms with van der Waals surface area (Å²) in [4.78, 5) is 11.0. The van der Waals surface area contributed by atoms with Gasteiger partial charge in [0.1, 0.15) is 11.4 Å². The van der Waals surface area contributed by atoms with Gasteiger partial charge in [-0.05, 0) is 12.1 Å². The second kappa shape index (κ2) is 4.90. The van der Waals surface area contributed by atoms with Crippen LogP contribution in [0.1, 0.15) is 6.92 Å². The molecule has 1 aromatic carbocycles. The first-order chi connectivity index (χ1) is 7.06. The molecule has 1 aromatic rings. The number of carbonyl (C=O) groups is 1. The SMILES string of the molecule is COc1cccc(S(=O)O)c1NC(C)=O. The third kappa shape index (κ3) is 2.77. The first kappa shape index (κ1) is 11.7. The number of hydrogen-bond acceptors (Lipinski definition) is 3. The Kier molecular flexibility index (Phi) is 3.81. The fourth-order valence-corrected chi connectivity index (χ4v) is 1.65. The number of nitrogens with one attached hydrogen (secondary N) is 1.